The van der Waals surface area contributed by atoms with Crippen molar-refractivity contribution in [3.8, 4) is 0 Å². The monoisotopic (exact) mass is 416 g/mol. The van der Waals surface area contributed by atoms with Crippen LogP contribution in [0.15, 0.2) is 53.4 Å². The molecule has 2 aromatic rings. The van der Waals surface area contributed by atoms with E-state index in [4.69, 9.17) is 0 Å². The molecule has 1 fully saturated rings. The first kappa shape index (κ1) is 21.5. The summed E-state index contributed by atoms with van der Waals surface area (Å²) in [5.41, 5.74) is 3.05. The predicted octanol–water partition coefficient (Wildman–Crippen LogP) is 1.82. The van der Waals surface area contributed by atoms with Crippen molar-refractivity contribution in [3.63, 3.8) is 0 Å². The lowest BCUT2D eigenvalue weighted by atomic mass is 10.1. The normalized spacial score (nSPS) is 16.3. The lowest BCUT2D eigenvalue weighted by Gasteiger charge is -2.25. The van der Waals surface area contributed by atoms with E-state index < -0.39 is 10.0 Å². The molecule has 1 saturated heterocycles. The quantitative estimate of drug-likeness (QED) is 0.723. The summed E-state index contributed by atoms with van der Waals surface area (Å²) in [5, 5.41) is 2.86. The van der Waals surface area contributed by atoms with Crippen molar-refractivity contribution < 1.29 is 18.1 Å². The zero-order chi connectivity index (χ0) is 20.9. The molecule has 7 heteroatoms. The van der Waals surface area contributed by atoms with Gasteiger partial charge in [0.15, 0.2) is 6.54 Å². The van der Waals surface area contributed by atoms with Crippen LogP contribution in [0.5, 0.6) is 0 Å². The Morgan fingerprint density at radius 3 is 2.34 bits per heavy atom. The van der Waals surface area contributed by atoms with Crippen LogP contribution in [0.3, 0.4) is 0 Å². The largest absolute Gasteiger partial charge is 0.326 e. The van der Waals surface area contributed by atoms with Crippen LogP contribution in [0.2, 0.25) is 0 Å². The number of carbonyl (C=O) groups excluding carboxylic acids is 1. The van der Waals surface area contributed by atoms with Crippen molar-refractivity contribution in [1.82, 2.24) is 4.31 Å². The number of nitrogens with one attached hydrogen (secondary N) is 2. The van der Waals surface area contributed by atoms with E-state index in [0.717, 1.165) is 30.7 Å². The van der Waals surface area contributed by atoms with Gasteiger partial charge in [-0.3, -0.25) is 4.79 Å². The van der Waals surface area contributed by atoms with Crippen molar-refractivity contribution in [2.24, 2.45) is 0 Å². The van der Waals surface area contributed by atoms with Crippen LogP contribution < -0.4 is 10.2 Å². The highest BCUT2D eigenvalue weighted by Crippen LogP contribution is 2.21. The van der Waals surface area contributed by atoms with Crippen molar-refractivity contribution in [1.29, 1.82) is 0 Å². The second-order valence-corrected chi connectivity index (χ2v) is 9.71. The Balaban J connectivity index is 1.56. The molecule has 0 saturated carbocycles. The minimum atomic E-state index is -3.45. The lowest BCUT2D eigenvalue weighted by molar-refractivity contribution is -0.885. The zero-order valence-electron chi connectivity index (χ0n) is 17.1. The molecule has 1 aliphatic heterocycles. The molecule has 1 atom stereocenters. The first-order valence-electron chi connectivity index (χ1n) is 10.1. The molecule has 2 aromatic carbocycles. The molecular formula is C22H30N3O3S+. The molecule has 0 aromatic heterocycles. The predicted molar refractivity (Wildman–Crippen MR) is 114 cm³/mol. The van der Waals surface area contributed by atoms with E-state index in [2.05, 4.69) is 24.4 Å². The first-order valence-corrected chi connectivity index (χ1v) is 11.6. The van der Waals surface area contributed by atoms with Crippen LogP contribution >= 0.6 is 0 Å². The van der Waals surface area contributed by atoms with Crippen molar-refractivity contribution in [2.75, 3.05) is 32.0 Å². The Labute approximate surface area is 173 Å². The van der Waals surface area contributed by atoms with Gasteiger partial charge in [0, 0.05) is 24.3 Å². The molecule has 1 unspecified atom stereocenters. The number of quaternary nitrogens is 1. The second-order valence-electron chi connectivity index (χ2n) is 7.77. The van der Waals surface area contributed by atoms with Gasteiger partial charge in [-0.1, -0.05) is 30.7 Å². The highest BCUT2D eigenvalue weighted by atomic mass is 32.2. The topological polar surface area (TPSA) is 70.9 Å². The molecule has 1 heterocycles. The summed E-state index contributed by atoms with van der Waals surface area (Å²) in [6.07, 6.45) is 2.90. The van der Waals surface area contributed by atoms with Crippen molar-refractivity contribution >= 4 is 21.6 Å². The molecule has 1 amide bonds. The maximum absolute atomic E-state index is 12.7. The fraction of sp³-hybridized carbons (Fsp3) is 0.409. The number of likely N-dealkylation sites (N-methyl/N-ethyl adjacent to an activating group) is 1. The Morgan fingerprint density at radius 1 is 1.03 bits per heavy atom. The van der Waals surface area contributed by atoms with E-state index in [9.17, 15) is 13.2 Å². The number of aryl methyl sites for hydroxylation is 1. The summed E-state index contributed by atoms with van der Waals surface area (Å²) >= 11 is 0. The number of rotatable bonds is 7. The van der Waals surface area contributed by atoms with Gasteiger partial charge in [-0.05, 0) is 49.6 Å². The van der Waals surface area contributed by atoms with Gasteiger partial charge in [0.25, 0.3) is 5.91 Å². The van der Waals surface area contributed by atoms with Gasteiger partial charge >= 0.3 is 0 Å². The fourth-order valence-electron chi connectivity index (χ4n) is 3.64. The maximum atomic E-state index is 12.7. The molecule has 29 heavy (non-hydrogen) atoms. The highest BCUT2D eigenvalue weighted by molar-refractivity contribution is 7.89. The Morgan fingerprint density at radius 2 is 1.69 bits per heavy atom. The van der Waals surface area contributed by atoms with E-state index in [0.29, 0.717) is 25.3 Å². The summed E-state index contributed by atoms with van der Waals surface area (Å²) in [6.45, 7) is 4.34. The number of nitrogens with zero attached hydrogens (tertiary/aromatic N) is 1. The van der Waals surface area contributed by atoms with Gasteiger partial charge in [-0.2, -0.15) is 4.31 Å². The van der Waals surface area contributed by atoms with Crippen LogP contribution in [0.25, 0.3) is 0 Å². The summed E-state index contributed by atoms with van der Waals surface area (Å²) < 4.78 is 27.0. The Hall–Kier alpha value is -2.22. The summed E-state index contributed by atoms with van der Waals surface area (Å²) in [4.78, 5) is 13.7. The Bertz CT molecular complexity index is 936. The number of sulfonamides is 1. The zero-order valence-corrected chi connectivity index (χ0v) is 18.0. The molecule has 156 valence electrons. The summed E-state index contributed by atoms with van der Waals surface area (Å²) in [6, 6.07) is 14.6. The molecular weight excluding hydrogens is 386 g/mol. The van der Waals surface area contributed by atoms with E-state index in [1.807, 2.05) is 19.2 Å². The average Bonchev–Trinajstić information content (AvgIpc) is 2.70. The molecule has 3 rings (SSSR count). The smallest absolute Gasteiger partial charge is 0.279 e. The number of hydrogen-bond acceptors (Lipinski definition) is 3. The van der Waals surface area contributed by atoms with Crippen LogP contribution in [0.4, 0.5) is 5.69 Å². The van der Waals surface area contributed by atoms with Gasteiger partial charge < -0.3 is 10.2 Å². The van der Waals surface area contributed by atoms with Crippen LogP contribution in [0.1, 0.15) is 30.4 Å². The Kier molecular flexibility index (Phi) is 7.05. The van der Waals surface area contributed by atoms with Gasteiger partial charge in [0.05, 0.1) is 11.9 Å². The van der Waals surface area contributed by atoms with Crippen LogP contribution in [-0.2, 0) is 21.4 Å². The molecule has 6 nitrogen and oxygen atoms in total. The molecule has 2 N–H and O–H groups in total. The minimum absolute atomic E-state index is 0.0947. The third-order valence-electron chi connectivity index (χ3n) is 5.31. The van der Waals surface area contributed by atoms with E-state index in [-0.39, 0.29) is 10.8 Å². The van der Waals surface area contributed by atoms with Crippen LogP contribution in [-0.4, -0.2) is 45.3 Å². The number of piperidine rings is 1. The number of benzene rings is 2. The fourth-order valence-corrected chi connectivity index (χ4v) is 5.16. The number of hydrogen-bond donors (Lipinski definition) is 2. The average molecular weight is 417 g/mol. The highest BCUT2D eigenvalue weighted by Gasteiger charge is 2.25. The van der Waals surface area contributed by atoms with E-state index in [1.54, 1.807) is 28.6 Å². The van der Waals surface area contributed by atoms with Gasteiger partial charge in [-0.25, -0.2) is 8.42 Å². The van der Waals surface area contributed by atoms with Gasteiger partial charge in [-0.15, -0.1) is 0 Å². The minimum Gasteiger partial charge on any atom is -0.326 e. The van der Waals surface area contributed by atoms with E-state index in [1.165, 1.54) is 11.1 Å². The van der Waals surface area contributed by atoms with Crippen LogP contribution in [0, 0.1) is 6.92 Å². The lowest BCUT2D eigenvalue weighted by Crippen LogP contribution is -3.08. The van der Waals surface area contributed by atoms with Crippen molar-refractivity contribution in [3.05, 3.63) is 59.7 Å². The third kappa shape index (κ3) is 5.65. The summed E-state index contributed by atoms with van der Waals surface area (Å²) in [5.74, 6) is -0.0947. The van der Waals surface area contributed by atoms with Crippen molar-refractivity contribution in [2.45, 2.75) is 37.6 Å². The number of amides is 1. The standard InChI is InChI=1S/C22H29N3O3S/c1-18-8-4-5-9-19(18)16-24(2)17-22(26)23-20-10-12-21(13-11-20)29(27,28)25-14-6-3-7-15-25/h4-5,8-13H,3,6-7,14-17H2,1-2H3,(H,23,26)/p+1. The first-order chi connectivity index (χ1) is 13.9. The number of carbonyl (C=O) groups is 1. The second kappa shape index (κ2) is 9.52. The molecule has 0 aliphatic carbocycles. The molecule has 0 radical (unpaired) electrons. The van der Waals surface area contributed by atoms with E-state index >= 15 is 0 Å². The van der Waals surface area contributed by atoms with Gasteiger partial charge in [0.2, 0.25) is 10.0 Å². The third-order valence-corrected chi connectivity index (χ3v) is 7.22. The maximum Gasteiger partial charge on any atom is 0.279 e. The SMILES string of the molecule is Cc1ccccc1C[NH+](C)CC(=O)Nc1ccc(S(=O)(=O)N2CCCCC2)cc1. The van der Waals surface area contributed by atoms with Gasteiger partial charge in [0.1, 0.15) is 6.54 Å². The molecule has 1 aliphatic rings. The number of anilines is 1. The molecule has 0 bridgehead atoms. The molecule has 0 spiro atoms. The summed E-state index contributed by atoms with van der Waals surface area (Å²) in [7, 11) is -1.46.